The number of nitrogens with zero attached hydrogens (tertiary/aromatic N) is 3. The molecule has 0 saturated heterocycles. The Labute approximate surface area is 181 Å². The average molecular weight is 430 g/mol. The molecule has 0 radical (unpaired) electrons. The Morgan fingerprint density at radius 2 is 2.06 bits per heavy atom. The van der Waals surface area contributed by atoms with Gasteiger partial charge in [-0.15, -0.1) is 0 Å². The first-order valence-corrected chi connectivity index (χ1v) is 10.2. The fourth-order valence-corrected chi connectivity index (χ4v) is 3.55. The molecule has 0 saturated carbocycles. The Morgan fingerprint density at radius 1 is 1.32 bits per heavy atom. The van der Waals surface area contributed by atoms with E-state index in [-0.39, 0.29) is 5.56 Å². The average Bonchev–Trinajstić information content (AvgIpc) is 2.95. The number of carbonyl (C=O) groups is 1. The number of ether oxygens (including phenoxy) is 1. The molecule has 1 amide bonds. The minimum atomic E-state index is -2.83. The van der Waals surface area contributed by atoms with Crippen molar-refractivity contribution in [2.45, 2.75) is 52.3 Å². The number of aryl methyl sites for hydroxylation is 1. The van der Waals surface area contributed by atoms with Crippen LogP contribution in [0.1, 0.15) is 61.3 Å². The summed E-state index contributed by atoms with van der Waals surface area (Å²) in [4.78, 5) is 14.9. The summed E-state index contributed by atoms with van der Waals surface area (Å²) >= 11 is 0. The molecule has 1 aromatic carbocycles. The fraction of sp³-hybridized carbons (Fsp3) is 0.478. The number of nitrogens with one attached hydrogen (secondary N) is 1. The topological polar surface area (TPSA) is 59.4 Å². The van der Waals surface area contributed by atoms with Gasteiger partial charge in [-0.05, 0) is 39.8 Å². The summed E-state index contributed by atoms with van der Waals surface area (Å²) in [6.45, 7) is 9.64. The van der Waals surface area contributed by atoms with Crippen molar-refractivity contribution >= 4 is 11.6 Å². The van der Waals surface area contributed by atoms with Gasteiger partial charge in [-0.2, -0.15) is 5.10 Å². The molecule has 0 fully saturated rings. The number of amides is 1. The predicted octanol–water partition coefficient (Wildman–Crippen LogP) is 3.66. The molecule has 3 rings (SSSR count). The van der Waals surface area contributed by atoms with Crippen LogP contribution in [0.15, 0.2) is 24.4 Å². The lowest BCUT2D eigenvalue weighted by atomic mass is 10.0. The van der Waals surface area contributed by atoms with Crippen LogP contribution < -0.4 is 10.2 Å². The number of fused-ring (bicyclic) bond motifs is 1. The second-order valence-electron chi connectivity index (χ2n) is 8.37. The highest BCUT2D eigenvalue weighted by atomic mass is 19.3. The van der Waals surface area contributed by atoms with Gasteiger partial charge >= 0.3 is 0 Å². The molecule has 0 atom stereocenters. The first kappa shape index (κ1) is 22.8. The third-order valence-electron chi connectivity index (χ3n) is 5.05. The number of alkyl halides is 2. The van der Waals surface area contributed by atoms with E-state index in [0.29, 0.717) is 19.3 Å². The van der Waals surface area contributed by atoms with Gasteiger partial charge in [-0.1, -0.05) is 17.9 Å². The van der Waals surface area contributed by atoms with Crippen LogP contribution in [0.3, 0.4) is 0 Å². The molecule has 0 aliphatic carbocycles. The molecule has 0 unspecified atom stereocenters. The van der Waals surface area contributed by atoms with Crippen molar-refractivity contribution < 1.29 is 18.3 Å². The van der Waals surface area contributed by atoms with E-state index >= 15 is 0 Å². The van der Waals surface area contributed by atoms with Crippen molar-refractivity contribution in [2.75, 3.05) is 18.1 Å². The van der Waals surface area contributed by atoms with Crippen LogP contribution in [0.25, 0.3) is 0 Å². The lowest BCUT2D eigenvalue weighted by molar-refractivity contribution is 0.0915. The zero-order valence-electron chi connectivity index (χ0n) is 18.5. The van der Waals surface area contributed by atoms with E-state index in [9.17, 15) is 13.6 Å². The van der Waals surface area contributed by atoms with E-state index in [1.54, 1.807) is 13.8 Å². The van der Waals surface area contributed by atoms with E-state index in [2.05, 4.69) is 47.1 Å². The standard InChI is InChI=1S/C23H28F2N4O2/c1-15(2)29-11-12-31-14-18-16(7-6-8-19(18)29)9-10-23(3,4)26-22(30)17-13-28(5)27-20(17)21(24)25/h6-8,13,15,21H,11-12,14H2,1-5H3,(H,26,30). The van der Waals surface area contributed by atoms with Gasteiger partial charge in [0.25, 0.3) is 12.3 Å². The van der Waals surface area contributed by atoms with Gasteiger partial charge in [-0.25, -0.2) is 8.78 Å². The Kier molecular flexibility index (Phi) is 6.65. The second kappa shape index (κ2) is 9.06. The molecule has 1 aliphatic heterocycles. The van der Waals surface area contributed by atoms with E-state index in [0.717, 1.165) is 23.4 Å². The number of anilines is 1. The molecule has 166 valence electrons. The van der Waals surface area contributed by atoms with Crippen molar-refractivity contribution in [3.63, 3.8) is 0 Å². The molecule has 31 heavy (non-hydrogen) atoms. The Balaban J connectivity index is 1.86. The largest absolute Gasteiger partial charge is 0.375 e. The van der Waals surface area contributed by atoms with E-state index in [1.165, 1.54) is 17.9 Å². The fourth-order valence-electron chi connectivity index (χ4n) is 3.55. The van der Waals surface area contributed by atoms with Gasteiger partial charge in [0.2, 0.25) is 0 Å². The smallest absolute Gasteiger partial charge is 0.282 e. The van der Waals surface area contributed by atoms with Crippen LogP contribution in [-0.2, 0) is 18.4 Å². The first-order valence-electron chi connectivity index (χ1n) is 10.2. The minimum absolute atomic E-state index is 0.151. The number of halogens is 2. The van der Waals surface area contributed by atoms with E-state index in [1.807, 2.05) is 12.1 Å². The van der Waals surface area contributed by atoms with Crippen LogP contribution >= 0.6 is 0 Å². The highest BCUT2D eigenvalue weighted by Crippen LogP contribution is 2.28. The molecule has 0 spiro atoms. The van der Waals surface area contributed by atoms with Crippen LogP contribution in [-0.4, -0.2) is 40.4 Å². The molecule has 1 N–H and O–H groups in total. The summed E-state index contributed by atoms with van der Waals surface area (Å²) in [5.74, 6) is 5.60. The normalized spacial score (nSPS) is 14.2. The summed E-state index contributed by atoms with van der Waals surface area (Å²) in [6, 6.07) is 6.27. The number of aromatic nitrogens is 2. The number of benzene rings is 1. The molecular weight excluding hydrogens is 402 g/mol. The monoisotopic (exact) mass is 430 g/mol. The van der Waals surface area contributed by atoms with Gasteiger partial charge in [-0.3, -0.25) is 9.48 Å². The SMILES string of the molecule is CC(C)N1CCOCc2c(C#CC(C)(C)NC(=O)c3cn(C)nc3C(F)F)cccc21. The number of hydrogen-bond donors (Lipinski definition) is 1. The lowest BCUT2D eigenvalue weighted by Gasteiger charge is -2.28. The van der Waals surface area contributed by atoms with Crippen LogP contribution in [0.4, 0.5) is 14.5 Å². The zero-order chi connectivity index (χ0) is 22.8. The summed E-state index contributed by atoms with van der Waals surface area (Å²) in [5.41, 5.74) is 1.29. The molecule has 2 heterocycles. The third kappa shape index (κ3) is 5.23. The molecule has 6 nitrogen and oxygen atoms in total. The van der Waals surface area contributed by atoms with E-state index in [4.69, 9.17) is 4.74 Å². The van der Waals surface area contributed by atoms with Crippen LogP contribution in [0, 0.1) is 11.8 Å². The highest BCUT2D eigenvalue weighted by molar-refractivity contribution is 5.96. The molecule has 2 aromatic rings. The van der Waals surface area contributed by atoms with E-state index < -0.39 is 23.6 Å². The first-order chi connectivity index (χ1) is 14.6. The predicted molar refractivity (Wildman–Crippen MR) is 115 cm³/mol. The second-order valence-corrected chi connectivity index (χ2v) is 8.37. The Hall–Kier alpha value is -2.92. The third-order valence-corrected chi connectivity index (χ3v) is 5.05. The highest BCUT2D eigenvalue weighted by Gasteiger charge is 2.26. The van der Waals surface area contributed by atoms with Crippen molar-refractivity contribution in [1.82, 2.24) is 15.1 Å². The number of rotatable bonds is 4. The summed E-state index contributed by atoms with van der Waals surface area (Å²) < 4.78 is 33.3. The Morgan fingerprint density at radius 3 is 2.74 bits per heavy atom. The molecular formula is C23H28F2N4O2. The maximum Gasteiger partial charge on any atom is 0.282 e. The van der Waals surface area contributed by atoms with Crippen molar-refractivity contribution in [3.05, 3.63) is 46.8 Å². The van der Waals surface area contributed by atoms with Crippen molar-refractivity contribution in [1.29, 1.82) is 0 Å². The maximum atomic E-state index is 13.2. The van der Waals surface area contributed by atoms with Gasteiger partial charge in [0, 0.05) is 42.6 Å². The van der Waals surface area contributed by atoms with Gasteiger partial charge in [0.05, 0.1) is 24.3 Å². The summed E-state index contributed by atoms with van der Waals surface area (Å²) in [5, 5.41) is 6.41. The molecule has 1 aliphatic rings. The van der Waals surface area contributed by atoms with Crippen LogP contribution in [0.5, 0.6) is 0 Å². The molecule has 1 aromatic heterocycles. The van der Waals surface area contributed by atoms with Crippen LogP contribution in [0.2, 0.25) is 0 Å². The van der Waals surface area contributed by atoms with Crippen molar-refractivity contribution in [3.8, 4) is 11.8 Å². The number of hydrogen-bond acceptors (Lipinski definition) is 4. The number of carbonyl (C=O) groups excluding carboxylic acids is 1. The Bertz CT molecular complexity index is 1020. The molecule has 8 heteroatoms. The maximum absolute atomic E-state index is 13.2. The zero-order valence-corrected chi connectivity index (χ0v) is 18.5. The van der Waals surface area contributed by atoms with Gasteiger partial charge < -0.3 is 15.0 Å². The molecule has 0 bridgehead atoms. The van der Waals surface area contributed by atoms with Gasteiger partial charge in [0.1, 0.15) is 5.69 Å². The summed E-state index contributed by atoms with van der Waals surface area (Å²) in [6.07, 6.45) is -1.55. The van der Waals surface area contributed by atoms with Crippen molar-refractivity contribution in [2.24, 2.45) is 7.05 Å². The minimum Gasteiger partial charge on any atom is -0.375 e. The quantitative estimate of drug-likeness (QED) is 0.752. The summed E-state index contributed by atoms with van der Waals surface area (Å²) in [7, 11) is 1.50. The van der Waals surface area contributed by atoms with Gasteiger partial charge in [0.15, 0.2) is 0 Å². The lowest BCUT2D eigenvalue weighted by Crippen LogP contribution is -2.42.